The second-order valence-electron chi connectivity index (χ2n) is 5.23. The molecule has 0 aliphatic carbocycles. The van der Waals surface area contributed by atoms with Crippen LogP contribution in [0, 0.1) is 10.1 Å². The molecule has 0 saturated heterocycles. The SMILES string of the molecule is O=C(O)CC(NC(=O)Cc1ccccc1)c1cccc([N+](=O)[O-])c1. The zero-order chi connectivity index (χ0) is 17.5. The van der Waals surface area contributed by atoms with Gasteiger partial charge in [0.2, 0.25) is 5.91 Å². The number of hydrogen-bond acceptors (Lipinski definition) is 4. The van der Waals surface area contributed by atoms with Crippen molar-refractivity contribution in [1.29, 1.82) is 0 Å². The lowest BCUT2D eigenvalue weighted by atomic mass is 10.0. The van der Waals surface area contributed by atoms with E-state index >= 15 is 0 Å². The van der Waals surface area contributed by atoms with E-state index in [4.69, 9.17) is 5.11 Å². The summed E-state index contributed by atoms with van der Waals surface area (Å²) >= 11 is 0. The van der Waals surface area contributed by atoms with E-state index in [9.17, 15) is 19.7 Å². The number of non-ortho nitro benzene ring substituents is 1. The average Bonchev–Trinajstić information content (AvgIpc) is 2.55. The van der Waals surface area contributed by atoms with Crippen LogP contribution >= 0.6 is 0 Å². The molecule has 0 bridgehead atoms. The van der Waals surface area contributed by atoms with Crippen LogP contribution in [0.15, 0.2) is 54.6 Å². The van der Waals surface area contributed by atoms with Gasteiger partial charge in [-0.3, -0.25) is 19.7 Å². The Morgan fingerprint density at radius 1 is 1.12 bits per heavy atom. The van der Waals surface area contributed by atoms with Gasteiger partial charge in [-0.2, -0.15) is 0 Å². The summed E-state index contributed by atoms with van der Waals surface area (Å²) in [6.07, 6.45) is -0.256. The molecule has 0 aliphatic heterocycles. The van der Waals surface area contributed by atoms with Gasteiger partial charge in [0.05, 0.1) is 23.8 Å². The van der Waals surface area contributed by atoms with Crippen LogP contribution in [-0.2, 0) is 16.0 Å². The van der Waals surface area contributed by atoms with Crippen LogP contribution in [0.25, 0.3) is 0 Å². The molecule has 1 atom stereocenters. The Hall–Kier alpha value is -3.22. The Morgan fingerprint density at radius 2 is 1.83 bits per heavy atom. The van der Waals surface area contributed by atoms with Crippen LogP contribution in [0.3, 0.4) is 0 Å². The topological polar surface area (TPSA) is 110 Å². The smallest absolute Gasteiger partial charge is 0.305 e. The Bertz CT molecular complexity index is 746. The largest absolute Gasteiger partial charge is 0.481 e. The van der Waals surface area contributed by atoms with Crippen molar-refractivity contribution < 1.29 is 19.6 Å². The summed E-state index contributed by atoms with van der Waals surface area (Å²) in [7, 11) is 0. The fourth-order valence-electron chi connectivity index (χ4n) is 2.31. The van der Waals surface area contributed by atoms with Crippen LogP contribution in [-0.4, -0.2) is 21.9 Å². The van der Waals surface area contributed by atoms with Gasteiger partial charge in [0.25, 0.3) is 5.69 Å². The number of nitrogens with zero attached hydrogens (tertiary/aromatic N) is 1. The highest BCUT2D eigenvalue weighted by atomic mass is 16.6. The third-order valence-corrected chi connectivity index (χ3v) is 3.40. The summed E-state index contributed by atoms with van der Waals surface area (Å²) in [6.45, 7) is 0. The maximum Gasteiger partial charge on any atom is 0.305 e. The highest BCUT2D eigenvalue weighted by Crippen LogP contribution is 2.22. The van der Waals surface area contributed by atoms with E-state index in [2.05, 4.69) is 5.32 Å². The molecule has 2 aromatic carbocycles. The minimum atomic E-state index is -1.11. The third-order valence-electron chi connectivity index (χ3n) is 3.40. The second-order valence-corrected chi connectivity index (χ2v) is 5.23. The molecule has 2 aromatic rings. The first-order valence-electron chi connectivity index (χ1n) is 7.25. The average molecular weight is 328 g/mol. The molecular weight excluding hydrogens is 312 g/mol. The molecule has 0 aromatic heterocycles. The summed E-state index contributed by atoms with van der Waals surface area (Å²) in [5, 5.41) is 22.5. The summed E-state index contributed by atoms with van der Waals surface area (Å²) in [6, 6.07) is 13.8. The van der Waals surface area contributed by atoms with Gasteiger partial charge in [-0.1, -0.05) is 42.5 Å². The van der Waals surface area contributed by atoms with E-state index in [1.807, 2.05) is 6.07 Å². The molecule has 2 rings (SSSR count). The third kappa shape index (κ3) is 4.91. The Labute approximate surface area is 138 Å². The van der Waals surface area contributed by atoms with E-state index in [-0.39, 0.29) is 24.4 Å². The molecule has 0 radical (unpaired) electrons. The zero-order valence-corrected chi connectivity index (χ0v) is 12.7. The molecule has 7 heteroatoms. The van der Waals surface area contributed by atoms with Crippen LogP contribution < -0.4 is 5.32 Å². The van der Waals surface area contributed by atoms with Crippen molar-refractivity contribution in [3.05, 3.63) is 75.8 Å². The summed E-state index contributed by atoms with van der Waals surface area (Å²) in [5.41, 5.74) is 1.02. The molecule has 0 spiro atoms. The van der Waals surface area contributed by atoms with Gasteiger partial charge >= 0.3 is 5.97 Å². The van der Waals surface area contributed by atoms with Gasteiger partial charge < -0.3 is 10.4 Å². The van der Waals surface area contributed by atoms with Gasteiger partial charge in [-0.05, 0) is 11.1 Å². The van der Waals surface area contributed by atoms with Crippen molar-refractivity contribution in [2.75, 3.05) is 0 Å². The quantitative estimate of drug-likeness (QED) is 0.599. The van der Waals surface area contributed by atoms with Gasteiger partial charge in [-0.15, -0.1) is 0 Å². The molecule has 2 N–H and O–H groups in total. The molecule has 0 heterocycles. The highest BCUT2D eigenvalue weighted by molar-refractivity contribution is 5.80. The number of carbonyl (C=O) groups excluding carboxylic acids is 1. The predicted molar refractivity (Wildman–Crippen MR) is 86.4 cm³/mol. The molecular formula is C17H16N2O5. The lowest BCUT2D eigenvalue weighted by Crippen LogP contribution is -2.31. The minimum absolute atomic E-state index is 0.103. The molecule has 1 amide bonds. The summed E-state index contributed by atoms with van der Waals surface area (Å²) < 4.78 is 0. The number of hydrogen-bond donors (Lipinski definition) is 2. The number of amides is 1. The first-order chi connectivity index (χ1) is 11.5. The van der Waals surface area contributed by atoms with Crippen molar-refractivity contribution in [1.82, 2.24) is 5.32 Å². The van der Waals surface area contributed by atoms with E-state index in [1.165, 1.54) is 18.2 Å². The Kier molecular flexibility index (Phi) is 5.62. The number of aliphatic carboxylic acids is 1. The fourth-order valence-corrected chi connectivity index (χ4v) is 2.31. The standard InChI is InChI=1S/C17H16N2O5/c20-16(9-12-5-2-1-3-6-12)18-15(11-17(21)22)13-7-4-8-14(10-13)19(23)24/h1-8,10,15H,9,11H2,(H,18,20)(H,21,22). The molecule has 124 valence electrons. The van der Waals surface area contributed by atoms with Crippen LogP contribution in [0.1, 0.15) is 23.6 Å². The van der Waals surface area contributed by atoms with Gasteiger partial charge in [-0.25, -0.2) is 0 Å². The number of rotatable bonds is 7. The van der Waals surface area contributed by atoms with Crippen LogP contribution in [0.5, 0.6) is 0 Å². The van der Waals surface area contributed by atoms with Gasteiger partial charge in [0.1, 0.15) is 0 Å². The Morgan fingerprint density at radius 3 is 2.46 bits per heavy atom. The van der Waals surface area contributed by atoms with E-state index in [0.29, 0.717) is 5.56 Å². The van der Waals surface area contributed by atoms with Crippen molar-refractivity contribution in [2.24, 2.45) is 0 Å². The van der Waals surface area contributed by atoms with Gasteiger partial charge in [0, 0.05) is 12.1 Å². The molecule has 0 fully saturated rings. The normalized spacial score (nSPS) is 11.5. The van der Waals surface area contributed by atoms with Crippen LogP contribution in [0.4, 0.5) is 5.69 Å². The summed E-state index contributed by atoms with van der Waals surface area (Å²) in [5.74, 6) is -1.45. The minimum Gasteiger partial charge on any atom is -0.481 e. The first kappa shape index (κ1) is 17.1. The Balaban J connectivity index is 2.16. The monoisotopic (exact) mass is 328 g/mol. The number of nitro groups is 1. The molecule has 7 nitrogen and oxygen atoms in total. The lowest BCUT2D eigenvalue weighted by Gasteiger charge is -2.17. The van der Waals surface area contributed by atoms with Gasteiger partial charge in [0.15, 0.2) is 0 Å². The number of nitro benzene ring substituents is 1. The molecule has 0 saturated carbocycles. The zero-order valence-electron chi connectivity index (χ0n) is 12.7. The molecule has 24 heavy (non-hydrogen) atoms. The van der Waals surface area contributed by atoms with E-state index < -0.39 is 16.9 Å². The van der Waals surface area contributed by atoms with Crippen molar-refractivity contribution in [3.63, 3.8) is 0 Å². The maximum absolute atomic E-state index is 12.2. The highest BCUT2D eigenvalue weighted by Gasteiger charge is 2.20. The first-order valence-corrected chi connectivity index (χ1v) is 7.25. The molecule has 1 unspecified atom stereocenters. The van der Waals surface area contributed by atoms with Crippen molar-refractivity contribution in [2.45, 2.75) is 18.9 Å². The van der Waals surface area contributed by atoms with E-state index in [0.717, 1.165) is 5.56 Å². The van der Waals surface area contributed by atoms with Crippen molar-refractivity contribution >= 4 is 17.6 Å². The molecule has 0 aliphatic rings. The van der Waals surface area contributed by atoms with Crippen molar-refractivity contribution in [3.8, 4) is 0 Å². The number of carbonyl (C=O) groups is 2. The number of carboxylic acids is 1. The van der Waals surface area contributed by atoms with E-state index in [1.54, 1.807) is 30.3 Å². The number of nitrogens with one attached hydrogen (secondary N) is 1. The maximum atomic E-state index is 12.2. The lowest BCUT2D eigenvalue weighted by molar-refractivity contribution is -0.384. The summed E-state index contributed by atoms with van der Waals surface area (Å²) in [4.78, 5) is 33.5. The second kappa shape index (κ2) is 7.87. The number of carboxylic acid groups (broad SMARTS) is 1. The predicted octanol–water partition coefficient (Wildman–Crippen LogP) is 2.47. The number of benzene rings is 2. The van der Waals surface area contributed by atoms with Crippen LogP contribution in [0.2, 0.25) is 0 Å². The fraction of sp³-hybridized carbons (Fsp3) is 0.176.